The van der Waals surface area contributed by atoms with Crippen LogP contribution in [0.2, 0.25) is 0 Å². The molecule has 1 aliphatic rings. The highest BCUT2D eigenvalue weighted by molar-refractivity contribution is 5.95. The minimum absolute atomic E-state index is 0.340. The van der Waals surface area contributed by atoms with Crippen LogP contribution in [0.4, 0.5) is 0 Å². The lowest BCUT2D eigenvalue weighted by atomic mass is 9.84. The molecule has 0 atom stereocenters. The molecule has 5 nitrogen and oxygen atoms in total. The van der Waals surface area contributed by atoms with E-state index in [0.717, 1.165) is 24.0 Å². The van der Waals surface area contributed by atoms with E-state index < -0.39 is 0 Å². The van der Waals surface area contributed by atoms with Crippen LogP contribution in [0, 0.1) is 6.92 Å². The average molecular weight is 363 g/mol. The van der Waals surface area contributed by atoms with Crippen LogP contribution in [0.1, 0.15) is 66.6 Å². The Labute approximate surface area is 159 Å². The zero-order chi connectivity index (χ0) is 18.8. The van der Waals surface area contributed by atoms with Gasteiger partial charge < -0.3 is 4.74 Å². The molecule has 0 amide bonds. The van der Waals surface area contributed by atoms with Gasteiger partial charge in [0.1, 0.15) is 5.56 Å². The molecule has 1 fully saturated rings. The van der Waals surface area contributed by atoms with Crippen molar-refractivity contribution in [2.75, 3.05) is 6.61 Å². The van der Waals surface area contributed by atoms with E-state index >= 15 is 0 Å². The number of aromatic nitrogens is 3. The Kier molecular flexibility index (Phi) is 4.92. The van der Waals surface area contributed by atoms with Gasteiger partial charge in [0.15, 0.2) is 5.65 Å². The highest BCUT2D eigenvalue weighted by Crippen LogP contribution is 2.38. The van der Waals surface area contributed by atoms with Crippen molar-refractivity contribution in [3.8, 4) is 11.1 Å². The van der Waals surface area contributed by atoms with Crippen molar-refractivity contribution in [1.82, 2.24) is 14.6 Å². The third-order valence-corrected chi connectivity index (χ3v) is 5.41. The summed E-state index contributed by atoms with van der Waals surface area (Å²) in [5.74, 6) is 0.0631. The average Bonchev–Trinajstić information content (AvgIpc) is 3.13. The van der Waals surface area contributed by atoms with Gasteiger partial charge in [0.2, 0.25) is 0 Å². The normalized spacial score (nSPS) is 15.2. The fraction of sp³-hybridized carbons (Fsp3) is 0.409. The van der Waals surface area contributed by atoms with E-state index in [1.54, 1.807) is 13.1 Å². The largest absolute Gasteiger partial charge is 0.462 e. The van der Waals surface area contributed by atoms with Crippen LogP contribution in [0.15, 0.2) is 36.7 Å². The number of hydrogen-bond acceptors (Lipinski definition) is 4. The first-order valence-electron chi connectivity index (χ1n) is 9.80. The number of rotatable bonds is 4. The number of carbonyl (C=O) groups is 1. The quantitative estimate of drug-likeness (QED) is 0.617. The topological polar surface area (TPSA) is 56.5 Å². The summed E-state index contributed by atoms with van der Waals surface area (Å²) in [4.78, 5) is 16.9. The van der Waals surface area contributed by atoms with Gasteiger partial charge in [-0.15, -0.1) is 0 Å². The smallest absolute Gasteiger partial charge is 0.343 e. The maximum atomic E-state index is 12.3. The molecule has 0 N–H and O–H groups in total. The Balaban J connectivity index is 1.89. The van der Waals surface area contributed by atoms with Crippen LogP contribution in [-0.2, 0) is 4.74 Å². The van der Waals surface area contributed by atoms with Gasteiger partial charge in [-0.1, -0.05) is 49.1 Å². The molecule has 1 saturated carbocycles. The summed E-state index contributed by atoms with van der Waals surface area (Å²) in [7, 11) is 0. The van der Waals surface area contributed by atoms with Gasteiger partial charge in [0.25, 0.3) is 0 Å². The number of hydrogen-bond donors (Lipinski definition) is 0. The molecule has 2 aromatic heterocycles. The number of carbonyl (C=O) groups excluding carboxylic acids is 1. The van der Waals surface area contributed by atoms with Crippen LogP contribution < -0.4 is 0 Å². The maximum absolute atomic E-state index is 12.3. The summed E-state index contributed by atoms with van der Waals surface area (Å²) < 4.78 is 7.05. The molecule has 0 radical (unpaired) electrons. The lowest BCUT2D eigenvalue weighted by Gasteiger charge is -2.25. The first kappa shape index (κ1) is 17.7. The minimum Gasteiger partial charge on any atom is -0.462 e. The lowest BCUT2D eigenvalue weighted by Crippen LogP contribution is -2.13. The molecule has 2 heterocycles. The number of fused-ring (bicyclic) bond motifs is 1. The van der Waals surface area contributed by atoms with E-state index in [4.69, 9.17) is 4.74 Å². The summed E-state index contributed by atoms with van der Waals surface area (Å²) in [6.45, 7) is 4.24. The molecule has 27 heavy (non-hydrogen) atoms. The van der Waals surface area contributed by atoms with E-state index in [-0.39, 0.29) is 5.97 Å². The Morgan fingerprint density at radius 3 is 2.59 bits per heavy atom. The predicted molar refractivity (Wildman–Crippen MR) is 105 cm³/mol. The lowest BCUT2D eigenvalue weighted by molar-refractivity contribution is 0.0528. The molecule has 3 aromatic rings. The number of nitrogens with zero attached hydrogens (tertiary/aromatic N) is 3. The van der Waals surface area contributed by atoms with Crippen LogP contribution in [-0.4, -0.2) is 27.2 Å². The molecule has 0 saturated heterocycles. The summed E-state index contributed by atoms with van der Waals surface area (Å²) in [5.41, 5.74) is 5.67. The Morgan fingerprint density at radius 2 is 1.89 bits per heavy atom. The van der Waals surface area contributed by atoms with Crippen LogP contribution in [0.5, 0.6) is 0 Å². The Hall–Kier alpha value is -2.69. The van der Waals surface area contributed by atoms with E-state index in [0.29, 0.717) is 23.7 Å². The van der Waals surface area contributed by atoms with Crippen molar-refractivity contribution in [3.05, 3.63) is 53.5 Å². The van der Waals surface area contributed by atoms with Crippen molar-refractivity contribution >= 4 is 11.6 Å². The molecule has 0 bridgehead atoms. The fourth-order valence-electron chi connectivity index (χ4n) is 4.03. The standard InChI is InChI=1S/C22H25N3O2/c1-3-27-22(26)19-14-24-25-20(17-7-5-4-6-8-17)18(13-23-21(19)25)16-11-9-15(2)10-12-16/h9-14,17H,3-8H2,1-2H3. The Bertz CT molecular complexity index is 954. The second-order valence-electron chi connectivity index (χ2n) is 7.27. The molecular formula is C22H25N3O2. The zero-order valence-electron chi connectivity index (χ0n) is 15.9. The predicted octanol–water partition coefficient (Wildman–Crippen LogP) is 4.93. The molecule has 140 valence electrons. The van der Waals surface area contributed by atoms with Crippen molar-refractivity contribution < 1.29 is 9.53 Å². The van der Waals surface area contributed by atoms with Gasteiger partial charge in [0, 0.05) is 17.7 Å². The number of ether oxygens (including phenoxy) is 1. The summed E-state index contributed by atoms with van der Waals surface area (Å²) in [6, 6.07) is 8.52. The second-order valence-corrected chi connectivity index (χ2v) is 7.27. The molecule has 5 heteroatoms. The minimum atomic E-state index is -0.363. The summed E-state index contributed by atoms with van der Waals surface area (Å²) in [6.07, 6.45) is 9.53. The number of benzene rings is 1. The van der Waals surface area contributed by atoms with Gasteiger partial charge in [-0.2, -0.15) is 5.10 Å². The van der Waals surface area contributed by atoms with Crippen molar-refractivity contribution in [3.63, 3.8) is 0 Å². The SMILES string of the molecule is CCOC(=O)c1cnn2c(C3CCCCC3)c(-c3ccc(C)cc3)cnc12. The third kappa shape index (κ3) is 3.34. The molecule has 0 spiro atoms. The van der Waals surface area contributed by atoms with Crippen molar-refractivity contribution in [2.45, 2.75) is 51.9 Å². The first-order chi connectivity index (χ1) is 13.2. The fourth-order valence-corrected chi connectivity index (χ4v) is 4.03. The number of aryl methyl sites for hydroxylation is 1. The summed E-state index contributed by atoms with van der Waals surface area (Å²) >= 11 is 0. The van der Waals surface area contributed by atoms with E-state index in [2.05, 4.69) is 41.3 Å². The van der Waals surface area contributed by atoms with Crippen LogP contribution >= 0.6 is 0 Å². The van der Waals surface area contributed by atoms with Crippen molar-refractivity contribution in [2.24, 2.45) is 0 Å². The molecule has 1 aliphatic carbocycles. The van der Waals surface area contributed by atoms with E-state index in [9.17, 15) is 4.79 Å². The zero-order valence-corrected chi connectivity index (χ0v) is 15.9. The molecule has 0 aliphatic heterocycles. The number of esters is 1. The molecular weight excluding hydrogens is 338 g/mol. The van der Waals surface area contributed by atoms with Crippen LogP contribution in [0.25, 0.3) is 16.8 Å². The van der Waals surface area contributed by atoms with E-state index in [1.165, 1.54) is 30.5 Å². The van der Waals surface area contributed by atoms with Gasteiger partial charge in [0.05, 0.1) is 18.5 Å². The Morgan fingerprint density at radius 1 is 1.15 bits per heavy atom. The van der Waals surface area contributed by atoms with Gasteiger partial charge >= 0.3 is 5.97 Å². The summed E-state index contributed by atoms with van der Waals surface area (Å²) in [5, 5.41) is 4.55. The van der Waals surface area contributed by atoms with Crippen LogP contribution in [0.3, 0.4) is 0 Å². The maximum Gasteiger partial charge on any atom is 0.343 e. The van der Waals surface area contributed by atoms with Gasteiger partial charge in [-0.25, -0.2) is 14.3 Å². The van der Waals surface area contributed by atoms with Crippen molar-refractivity contribution in [1.29, 1.82) is 0 Å². The monoisotopic (exact) mass is 363 g/mol. The van der Waals surface area contributed by atoms with Gasteiger partial charge in [-0.05, 0) is 32.3 Å². The van der Waals surface area contributed by atoms with Gasteiger partial charge in [-0.3, -0.25) is 0 Å². The highest BCUT2D eigenvalue weighted by Gasteiger charge is 2.25. The first-order valence-corrected chi connectivity index (χ1v) is 9.80. The second kappa shape index (κ2) is 7.51. The third-order valence-electron chi connectivity index (χ3n) is 5.41. The van der Waals surface area contributed by atoms with E-state index in [1.807, 2.05) is 10.7 Å². The highest BCUT2D eigenvalue weighted by atomic mass is 16.5. The molecule has 1 aromatic carbocycles. The molecule has 0 unspecified atom stereocenters. The molecule has 4 rings (SSSR count).